The average molecular weight is 337 g/mol. The lowest BCUT2D eigenvalue weighted by Crippen LogP contribution is -2.16. The van der Waals surface area contributed by atoms with Gasteiger partial charge in [0.05, 0.1) is 10.0 Å². The van der Waals surface area contributed by atoms with Crippen LogP contribution in [0.1, 0.15) is 15.9 Å². The highest BCUT2D eigenvalue weighted by Crippen LogP contribution is 2.34. The van der Waals surface area contributed by atoms with Crippen molar-refractivity contribution in [3.05, 3.63) is 68.3 Å². The van der Waals surface area contributed by atoms with Gasteiger partial charge >= 0.3 is 0 Å². The number of Topliss-reactive ketones (excluding diaryl/α,β-unsaturated/α-hetero) is 1. The average Bonchev–Trinajstić information content (AvgIpc) is 2.65. The van der Waals surface area contributed by atoms with Gasteiger partial charge in [-0.25, -0.2) is 0 Å². The van der Waals surface area contributed by atoms with Crippen LogP contribution >= 0.6 is 27.5 Å². The van der Waals surface area contributed by atoms with Crippen LogP contribution in [0.15, 0.2) is 46.9 Å². The summed E-state index contributed by atoms with van der Waals surface area (Å²) in [7, 11) is 0. The van der Waals surface area contributed by atoms with Crippen molar-refractivity contribution in [3.63, 3.8) is 0 Å². The molecule has 0 aromatic heterocycles. The predicted octanol–water partition coefficient (Wildman–Crippen LogP) is 3.93. The van der Waals surface area contributed by atoms with Gasteiger partial charge in [0, 0.05) is 5.02 Å². The normalized spacial score (nSPS) is 13.9. The van der Waals surface area contributed by atoms with Crippen LogP contribution in [0.2, 0.25) is 5.02 Å². The fraction of sp³-hybridized carbons (Fsp3) is 0. The highest BCUT2D eigenvalue weighted by molar-refractivity contribution is 9.10. The second-order valence-corrected chi connectivity index (χ2v) is 5.41. The van der Waals surface area contributed by atoms with Crippen molar-refractivity contribution in [2.24, 2.45) is 0 Å². The molecule has 0 aliphatic carbocycles. The number of carbonyl (C=O) groups is 1. The van der Waals surface area contributed by atoms with E-state index in [2.05, 4.69) is 15.9 Å². The smallest absolute Gasteiger partial charge is 0.272 e. The number of fused-ring (bicyclic) bond motifs is 1. The number of ketones is 1. The molecule has 19 heavy (non-hydrogen) atoms. The molecule has 0 radical (unpaired) electrons. The van der Waals surface area contributed by atoms with Gasteiger partial charge in [-0.2, -0.15) is 4.74 Å². The molecule has 3 nitrogen and oxygen atoms in total. The van der Waals surface area contributed by atoms with E-state index in [1.807, 2.05) is 0 Å². The molecule has 0 fully saturated rings. The number of rotatable bonds is 1. The van der Waals surface area contributed by atoms with Crippen LogP contribution in [0.4, 0.5) is 5.69 Å². The zero-order chi connectivity index (χ0) is 13.6. The van der Waals surface area contributed by atoms with Crippen molar-refractivity contribution in [2.45, 2.75) is 0 Å². The lowest BCUT2D eigenvalue weighted by atomic mass is 10.0. The molecule has 0 atom stereocenters. The zero-order valence-electron chi connectivity index (χ0n) is 9.56. The molecule has 0 spiro atoms. The summed E-state index contributed by atoms with van der Waals surface area (Å²) in [4.78, 5) is 12.3. The summed E-state index contributed by atoms with van der Waals surface area (Å²) in [6, 6.07) is 11.8. The number of para-hydroxylation sites is 1. The molecular weight excluding hydrogens is 330 g/mol. The summed E-state index contributed by atoms with van der Waals surface area (Å²) in [6.45, 7) is 0. The third kappa shape index (κ3) is 1.88. The van der Waals surface area contributed by atoms with Crippen molar-refractivity contribution in [1.29, 1.82) is 0 Å². The summed E-state index contributed by atoms with van der Waals surface area (Å²) < 4.78 is 1.28. The van der Waals surface area contributed by atoms with Gasteiger partial charge < -0.3 is 5.21 Å². The Morgan fingerprint density at radius 1 is 1.11 bits per heavy atom. The van der Waals surface area contributed by atoms with Gasteiger partial charge in [0.2, 0.25) is 5.69 Å². The molecule has 1 aliphatic rings. The Kier molecular flexibility index (Phi) is 2.92. The first-order chi connectivity index (χ1) is 9.09. The Bertz CT molecular complexity index is 723. The Balaban J connectivity index is 2.22. The predicted molar refractivity (Wildman–Crippen MR) is 77.3 cm³/mol. The van der Waals surface area contributed by atoms with Crippen molar-refractivity contribution in [1.82, 2.24) is 0 Å². The third-order valence-corrected chi connectivity index (χ3v) is 3.86. The van der Waals surface area contributed by atoms with Crippen molar-refractivity contribution < 1.29 is 9.53 Å². The summed E-state index contributed by atoms with van der Waals surface area (Å²) >= 11 is 9.11. The fourth-order valence-corrected chi connectivity index (χ4v) is 2.75. The number of halogens is 2. The van der Waals surface area contributed by atoms with E-state index in [0.29, 0.717) is 31.0 Å². The molecule has 2 aromatic carbocycles. The van der Waals surface area contributed by atoms with Crippen LogP contribution < -0.4 is 0 Å². The summed E-state index contributed by atoms with van der Waals surface area (Å²) in [6.07, 6.45) is 0. The van der Waals surface area contributed by atoms with E-state index in [-0.39, 0.29) is 11.5 Å². The first-order valence-electron chi connectivity index (χ1n) is 5.53. The van der Waals surface area contributed by atoms with E-state index in [9.17, 15) is 10.0 Å². The Hall–Kier alpha value is -1.65. The molecule has 0 unspecified atom stereocenters. The minimum Gasteiger partial charge on any atom is -0.618 e. The molecule has 0 saturated heterocycles. The SMILES string of the molecule is O=C1C(c2ccc(Cl)cc2)=[N+]([O-])c2c(Br)cccc21. The van der Waals surface area contributed by atoms with E-state index < -0.39 is 0 Å². The topological polar surface area (TPSA) is 43.1 Å². The van der Waals surface area contributed by atoms with Crippen molar-refractivity contribution in [3.8, 4) is 0 Å². The third-order valence-electron chi connectivity index (χ3n) is 2.97. The number of hydrogen-bond donors (Lipinski definition) is 0. The summed E-state index contributed by atoms with van der Waals surface area (Å²) in [5, 5.41) is 12.9. The first kappa shape index (κ1) is 12.4. The molecule has 2 aromatic rings. The minimum atomic E-state index is -0.270. The van der Waals surface area contributed by atoms with Crippen LogP contribution in [-0.2, 0) is 0 Å². The fourth-order valence-electron chi connectivity index (χ4n) is 2.09. The Labute approximate surface area is 122 Å². The zero-order valence-corrected chi connectivity index (χ0v) is 11.9. The van der Waals surface area contributed by atoms with Crippen LogP contribution in [-0.4, -0.2) is 16.2 Å². The molecule has 0 saturated carbocycles. The van der Waals surface area contributed by atoms with Gasteiger partial charge in [-0.1, -0.05) is 17.7 Å². The molecular formula is C14H7BrClNO2. The highest BCUT2D eigenvalue weighted by atomic mass is 79.9. The van der Waals surface area contributed by atoms with Gasteiger partial charge in [0.25, 0.3) is 11.5 Å². The molecule has 0 bridgehead atoms. The molecule has 5 heteroatoms. The minimum absolute atomic E-state index is 0.124. The van der Waals surface area contributed by atoms with Crippen LogP contribution in [0.25, 0.3) is 0 Å². The lowest BCUT2D eigenvalue weighted by molar-refractivity contribution is -0.356. The number of carbonyl (C=O) groups excluding carboxylic acids is 1. The maximum absolute atomic E-state index is 12.3. The monoisotopic (exact) mass is 335 g/mol. The van der Waals surface area contributed by atoms with Gasteiger partial charge in [-0.3, -0.25) is 4.79 Å². The van der Waals surface area contributed by atoms with E-state index >= 15 is 0 Å². The number of hydrogen-bond acceptors (Lipinski definition) is 2. The first-order valence-corrected chi connectivity index (χ1v) is 6.70. The van der Waals surface area contributed by atoms with Crippen LogP contribution in [0.3, 0.4) is 0 Å². The molecule has 0 amide bonds. The van der Waals surface area contributed by atoms with Gasteiger partial charge in [-0.05, 0) is 52.3 Å². The van der Waals surface area contributed by atoms with Crippen molar-refractivity contribution >= 4 is 44.7 Å². The van der Waals surface area contributed by atoms with E-state index in [0.717, 1.165) is 0 Å². The Morgan fingerprint density at radius 3 is 2.42 bits per heavy atom. The van der Waals surface area contributed by atoms with E-state index in [4.69, 9.17) is 11.6 Å². The molecule has 3 rings (SSSR count). The van der Waals surface area contributed by atoms with Gasteiger partial charge in [-0.15, -0.1) is 0 Å². The van der Waals surface area contributed by atoms with E-state index in [1.165, 1.54) is 0 Å². The lowest BCUT2D eigenvalue weighted by Gasteiger charge is -2.03. The van der Waals surface area contributed by atoms with Gasteiger partial charge in [0.15, 0.2) is 0 Å². The van der Waals surface area contributed by atoms with Crippen molar-refractivity contribution in [2.75, 3.05) is 0 Å². The second kappa shape index (κ2) is 4.47. The number of benzene rings is 2. The summed E-state index contributed by atoms with van der Waals surface area (Å²) in [5.41, 5.74) is 1.46. The van der Waals surface area contributed by atoms with E-state index in [1.54, 1.807) is 42.5 Å². The van der Waals surface area contributed by atoms with Crippen LogP contribution in [0.5, 0.6) is 0 Å². The maximum atomic E-state index is 12.3. The quantitative estimate of drug-likeness (QED) is 0.585. The highest BCUT2D eigenvalue weighted by Gasteiger charge is 2.37. The van der Waals surface area contributed by atoms with Crippen LogP contribution in [0, 0.1) is 5.21 Å². The number of nitrogens with zero attached hydrogens (tertiary/aromatic N) is 1. The second-order valence-electron chi connectivity index (χ2n) is 4.12. The largest absolute Gasteiger partial charge is 0.618 e. The molecule has 1 heterocycles. The molecule has 0 N–H and O–H groups in total. The molecule has 94 valence electrons. The molecule has 1 aliphatic heterocycles. The Morgan fingerprint density at radius 2 is 1.79 bits per heavy atom. The summed E-state index contributed by atoms with van der Waals surface area (Å²) in [5.74, 6) is -0.270. The van der Waals surface area contributed by atoms with Gasteiger partial charge in [0.1, 0.15) is 5.56 Å². The maximum Gasteiger partial charge on any atom is 0.272 e. The standard InChI is InChI=1S/C14H7BrClNO2/c15-11-3-1-2-10-13(11)17(19)12(14(10)18)8-4-6-9(16)7-5-8/h1-7H.